The molecule has 0 aliphatic carbocycles. The van der Waals surface area contributed by atoms with Crippen molar-refractivity contribution in [2.75, 3.05) is 5.32 Å². The number of hydrogen-bond donors (Lipinski definition) is 1. The lowest BCUT2D eigenvalue weighted by Gasteiger charge is -2.08. The van der Waals surface area contributed by atoms with E-state index in [0.29, 0.717) is 12.3 Å². The summed E-state index contributed by atoms with van der Waals surface area (Å²) in [5.74, 6) is 0.486. The van der Waals surface area contributed by atoms with E-state index in [1.165, 1.54) is 0 Å². The molecule has 100 valence electrons. The maximum atomic E-state index is 11.3. The standard InChI is InChI=1S/C16H14N2O2/c17-10-9-16(19)18-14-6-4-5-13(11-14)12-20-15-7-2-1-3-8-15/h1-8,11H,9,12H2,(H,18,19). The lowest BCUT2D eigenvalue weighted by atomic mass is 10.2. The Balaban J connectivity index is 1.96. The van der Waals surface area contributed by atoms with Crippen LogP contribution in [0.5, 0.6) is 5.75 Å². The minimum absolute atomic E-state index is 0.148. The SMILES string of the molecule is N#CCC(=O)Nc1cccc(COc2ccccc2)c1. The van der Waals surface area contributed by atoms with Gasteiger partial charge in [0.2, 0.25) is 5.91 Å². The van der Waals surface area contributed by atoms with Crippen LogP contribution in [0.15, 0.2) is 54.6 Å². The molecule has 0 unspecified atom stereocenters. The molecule has 0 heterocycles. The predicted molar refractivity (Wildman–Crippen MR) is 76.1 cm³/mol. The van der Waals surface area contributed by atoms with E-state index in [1.54, 1.807) is 6.07 Å². The average molecular weight is 266 g/mol. The molecule has 0 bridgehead atoms. The van der Waals surface area contributed by atoms with Crippen LogP contribution in [-0.2, 0) is 11.4 Å². The van der Waals surface area contributed by atoms with Gasteiger partial charge in [0.05, 0.1) is 6.07 Å². The molecule has 0 atom stereocenters. The number of nitriles is 1. The summed E-state index contributed by atoms with van der Waals surface area (Å²) in [6.07, 6.45) is -0.148. The third kappa shape index (κ3) is 4.14. The second kappa shape index (κ2) is 6.95. The van der Waals surface area contributed by atoms with Crippen LogP contribution in [0.2, 0.25) is 0 Å². The molecule has 0 fully saturated rings. The molecule has 4 nitrogen and oxygen atoms in total. The van der Waals surface area contributed by atoms with Gasteiger partial charge in [-0.3, -0.25) is 4.79 Å². The smallest absolute Gasteiger partial charge is 0.238 e. The number of nitrogens with one attached hydrogen (secondary N) is 1. The van der Waals surface area contributed by atoms with Gasteiger partial charge in [0.15, 0.2) is 0 Å². The Morgan fingerprint density at radius 3 is 2.70 bits per heavy atom. The third-order valence-electron chi connectivity index (χ3n) is 2.60. The molecule has 0 radical (unpaired) electrons. The molecule has 0 aliphatic rings. The van der Waals surface area contributed by atoms with Gasteiger partial charge in [0.25, 0.3) is 0 Å². The summed E-state index contributed by atoms with van der Waals surface area (Å²) in [7, 11) is 0. The summed E-state index contributed by atoms with van der Waals surface area (Å²) in [6, 6.07) is 18.7. The molecule has 1 N–H and O–H groups in total. The fourth-order valence-electron chi connectivity index (χ4n) is 1.70. The molecule has 0 aromatic heterocycles. The summed E-state index contributed by atoms with van der Waals surface area (Å²) in [6.45, 7) is 0.423. The molecular formula is C16H14N2O2. The maximum absolute atomic E-state index is 11.3. The number of rotatable bonds is 5. The second-order valence-corrected chi connectivity index (χ2v) is 4.19. The van der Waals surface area contributed by atoms with Crippen molar-refractivity contribution in [1.29, 1.82) is 5.26 Å². The first-order chi connectivity index (χ1) is 9.78. The highest BCUT2D eigenvalue weighted by Gasteiger charge is 2.02. The van der Waals surface area contributed by atoms with Crippen LogP contribution in [0.3, 0.4) is 0 Å². The summed E-state index contributed by atoms with van der Waals surface area (Å²) in [5, 5.41) is 11.1. The molecule has 1 amide bonds. The van der Waals surface area contributed by atoms with Crippen LogP contribution in [-0.4, -0.2) is 5.91 Å². The van der Waals surface area contributed by atoms with Gasteiger partial charge in [-0.05, 0) is 29.8 Å². The fraction of sp³-hybridized carbons (Fsp3) is 0.125. The number of anilines is 1. The zero-order valence-corrected chi connectivity index (χ0v) is 10.9. The molecule has 0 aliphatic heterocycles. The molecule has 0 saturated carbocycles. The molecule has 2 rings (SSSR count). The van der Waals surface area contributed by atoms with Gasteiger partial charge in [-0.25, -0.2) is 0 Å². The van der Waals surface area contributed by atoms with Crippen molar-refractivity contribution in [2.45, 2.75) is 13.0 Å². The van der Waals surface area contributed by atoms with Crippen LogP contribution >= 0.6 is 0 Å². The number of para-hydroxylation sites is 1. The Labute approximate surface area is 117 Å². The van der Waals surface area contributed by atoms with Crippen LogP contribution in [0, 0.1) is 11.3 Å². The van der Waals surface area contributed by atoms with Gasteiger partial charge in [-0.15, -0.1) is 0 Å². The lowest BCUT2D eigenvalue weighted by molar-refractivity contribution is -0.115. The molecule has 0 spiro atoms. The summed E-state index contributed by atoms with van der Waals surface area (Å²) < 4.78 is 5.63. The predicted octanol–water partition coefficient (Wildman–Crippen LogP) is 3.12. The van der Waals surface area contributed by atoms with Gasteiger partial charge in [-0.2, -0.15) is 5.26 Å². The van der Waals surface area contributed by atoms with Gasteiger partial charge >= 0.3 is 0 Å². The highest BCUT2D eigenvalue weighted by Crippen LogP contribution is 2.15. The number of benzene rings is 2. The van der Waals surface area contributed by atoms with Crippen molar-refractivity contribution < 1.29 is 9.53 Å². The van der Waals surface area contributed by atoms with E-state index >= 15 is 0 Å². The number of ether oxygens (including phenoxy) is 1. The molecule has 4 heteroatoms. The molecule has 2 aromatic rings. The highest BCUT2D eigenvalue weighted by molar-refractivity contribution is 5.92. The lowest BCUT2D eigenvalue weighted by Crippen LogP contribution is -2.10. The monoisotopic (exact) mass is 266 g/mol. The van der Waals surface area contributed by atoms with E-state index in [4.69, 9.17) is 10.00 Å². The van der Waals surface area contributed by atoms with Crippen molar-refractivity contribution in [3.63, 3.8) is 0 Å². The normalized spacial score (nSPS) is 9.55. The van der Waals surface area contributed by atoms with E-state index in [0.717, 1.165) is 11.3 Å². The van der Waals surface area contributed by atoms with Crippen LogP contribution < -0.4 is 10.1 Å². The third-order valence-corrected chi connectivity index (χ3v) is 2.60. The van der Waals surface area contributed by atoms with Crippen LogP contribution in [0.25, 0.3) is 0 Å². The average Bonchev–Trinajstić information content (AvgIpc) is 2.47. The van der Waals surface area contributed by atoms with Gasteiger partial charge in [0.1, 0.15) is 18.8 Å². The van der Waals surface area contributed by atoms with Crippen molar-refractivity contribution in [3.05, 3.63) is 60.2 Å². The molecule has 20 heavy (non-hydrogen) atoms. The van der Waals surface area contributed by atoms with Gasteiger partial charge in [-0.1, -0.05) is 30.3 Å². The largest absolute Gasteiger partial charge is 0.489 e. The Kier molecular flexibility index (Phi) is 4.74. The first-order valence-electron chi connectivity index (χ1n) is 6.21. The van der Waals surface area contributed by atoms with E-state index < -0.39 is 0 Å². The highest BCUT2D eigenvalue weighted by atomic mass is 16.5. The van der Waals surface area contributed by atoms with Gasteiger partial charge in [0, 0.05) is 5.69 Å². The quantitative estimate of drug-likeness (QED) is 0.904. The van der Waals surface area contributed by atoms with Gasteiger partial charge < -0.3 is 10.1 Å². The number of carbonyl (C=O) groups excluding carboxylic acids is 1. The number of nitrogens with zero attached hydrogens (tertiary/aromatic N) is 1. The Bertz CT molecular complexity index is 618. The maximum Gasteiger partial charge on any atom is 0.238 e. The van der Waals surface area contributed by atoms with E-state index in [-0.39, 0.29) is 12.3 Å². The van der Waals surface area contributed by atoms with Crippen LogP contribution in [0.4, 0.5) is 5.69 Å². The van der Waals surface area contributed by atoms with Crippen molar-refractivity contribution in [2.24, 2.45) is 0 Å². The minimum atomic E-state index is -0.311. The minimum Gasteiger partial charge on any atom is -0.489 e. The number of hydrogen-bond acceptors (Lipinski definition) is 3. The topological polar surface area (TPSA) is 62.1 Å². The van der Waals surface area contributed by atoms with E-state index in [1.807, 2.05) is 54.6 Å². The summed E-state index contributed by atoms with van der Waals surface area (Å²) >= 11 is 0. The molecule has 0 saturated heterocycles. The van der Waals surface area contributed by atoms with Crippen molar-refractivity contribution in [1.82, 2.24) is 0 Å². The Hall–Kier alpha value is -2.80. The van der Waals surface area contributed by atoms with Crippen molar-refractivity contribution in [3.8, 4) is 11.8 Å². The number of amides is 1. The zero-order valence-electron chi connectivity index (χ0n) is 10.9. The molecular weight excluding hydrogens is 252 g/mol. The summed E-state index contributed by atoms with van der Waals surface area (Å²) in [4.78, 5) is 11.3. The first kappa shape index (κ1) is 13.6. The summed E-state index contributed by atoms with van der Waals surface area (Å²) in [5.41, 5.74) is 1.61. The van der Waals surface area contributed by atoms with E-state index in [2.05, 4.69) is 5.32 Å². The molecule has 2 aromatic carbocycles. The Morgan fingerprint density at radius 2 is 1.95 bits per heavy atom. The second-order valence-electron chi connectivity index (χ2n) is 4.19. The first-order valence-corrected chi connectivity index (χ1v) is 6.21. The van der Waals surface area contributed by atoms with E-state index in [9.17, 15) is 4.79 Å². The Morgan fingerprint density at radius 1 is 1.15 bits per heavy atom. The fourth-order valence-corrected chi connectivity index (χ4v) is 1.70. The zero-order chi connectivity index (χ0) is 14.2. The number of carbonyl (C=O) groups is 1. The van der Waals surface area contributed by atoms with Crippen molar-refractivity contribution >= 4 is 11.6 Å². The van der Waals surface area contributed by atoms with Crippen LogP contribution in [0.1, 0.15) is 12.0 Å².